The van der Waals surface area contributed by atoms with Gasteiger partial charge in [-0.15, -0.1) is 0 Å². The summed E-state index contributed by atoms with van der Waals surface area (Å²) in [4.78, 5) is 24.6. The van der Waals surface area contributed by atoms with E-state index < -0.39 is 0 Å². The molecule has 0 aliphatic heterocycles. The number of rotatable bonds is 3. The third-order valence-electron chi connectivity index (χ3n) is 3.83. The summed E-state index contributed by atoms with van der Waals surface area (Å²) < 4.78 is 0. The van der Waals surface area contributed by atoms with E-state index in [9.17, 15) is 4.79 Å². The van der Waals surface area contributed by atoms with Crippen molar-refractivity contribution in [2.24, 2.45) is 0 Å². The van der Waals surface area contributed by atoms with E-state index in [0.717, 1.165) is 22.4 Å². The number of aryl methyl sites for hydroxylation is 1. The van der Waals surface area contributed by atoms with Crippen molar-refractivity contribution in [1.82, 2.24) is 20.3 Å². The summed E-state index contributed by atoms with van der Waals surface area (Å²) in [6.07, 6.45) is 3.19. The molecule has 3 aromatic rings. The highest BCUT2D eigenvalue weighted by Gasteiger charge is 2.16. The molecule has 0 spiro atoms. The molecule has 0 aliphatic carbocycles. The maximum Gasteiger partial charge on any atom is 0.252 e. The molecule has 2 heterocycles. The first-order chi connectivity index (χ1) is 12.0. The largest absolute Gasteiger partial charge is 0.384 e. The Bertz CT molecular complexity index is 941. The summed E-state index contributed by atoms with van der Waals surface area (Å²) in [6, 6.07) is 8.82. The third-order valence-corrected chi connectivity index (χ3v) is 4.14. The van der Waals surface area contributed by atoms with E-state index in [2.05, 4.69) is 20.3 Å². The number of nitrogens with one attached hydrogen (secondary N) is 1. The highest BCUT2D eigenvalue weighted by molar-refractivity contribution is 6.34. The van der Waals surface area contributed by atoms with Crippen LogP contribution in [-0.2, 0) is 0 Å². The van der Waals surface area contributed by atoms with Gasteiger partial charge >= 0.3 is 0 Å². The minimum Gasteiger partial charge on any atom is -0.384 e. The summed E-state index contributed by atoms with van der Waals surface area (Å²) in [5.41, 5.74) is 10.1. The second-order valence-corrected chi connectivity index (χ2v) is 5.84. The molecule has 0 atom stereocenters. The van der Waals surface area contributed by atoms with Crippen LogP contribution >= 0.6 is 11.6 Å². The van der Waals surface area contributed by atoms with Crippen molar-refractivity contribution < 1.29 is 4.79 Å². The fraction of sp³-hybridized carbons (Fsp3) is 0.111. The number of aromatic nitrogens is 3. The van der Waals surface area contributed by atoms with Gasteiger partial charge in [0, 0.05) is 35.6 Å². The van der Waals surface area contributed by atoms with Crippen molar-refractivity contribution in [1.29, 1.82) is 0 Å². The van der Waals surface area contributed by atoms with Gasteiger partial charge in [0.25, 0.3) is 5.91 Å². The lowest BCUT2D eigenvalue weighted by Crippen LogP contribution is -2.18. The van der Waals surface area contributed by atoms with Crippen LogP contribution in [0.2, 0.25) is 5.02 Å². The number of hydrogen-bond donors (Lipinski definition) is 2. The summed E-state index contributed by atoms with van der Waals surface area (Å²) in [5.74, 6) is 0.205. The molecule has 2 aromatic heterocycles. The normalized spacial score (nSPS) is 10.5. The molecule has 25 heavy (non-hydrogen) atoms. The van der Waals surface area contributed by atoms with Gasteiger partial charge in [-0.1, -0.05) is 17.7 Å². The molecule has 0 fully saturated rings. The molecule has 3 rings (SSSR count). The first-order valence-electron chi connectivity index (χ1n) is 7.56. The van der Waals surface area contributed by atoms with Crippen LogP contribution in [0.25, 0.3) is 22.4 Å². The van der Waals surface area contributed by atoms with Crippen molar-refractivity contribution in [3.63, 3.8) is 0 Å². The molecular weight excluding hydrogens is 338 g/mol. The Kier molecular flexibility index (Phi) is 4.63. The van der Waals surface area contributed by atoms with Gasteiger partial charge in [-0.05, 0) is 31.2 Å². The van der Waals surface area contributed by atoms with Crippen molar-refractivity contribution in [3.8, 4) is 22.4 Å². The predicted octanol–water partition coefficient (Wildman–Crippen LogP) is 3.11. The first kappa shape index (κ1) is 16.9. The van der Waals surface area contributed by atoms with Gasteiger partial charge in [0.1, 0.15) is 12.1 Å². The Hall–Kier alpha value is -2.99. The second-order valence-electron chi connectivity index (χ2n) is 5.43. The van der Waals surface area contributed by atoms with Gasteiger partial charge in [-0.3, -0.25) is 4.79 Å². The fourth-order valence-electron chi connectivity index (χ4n) is 2.57. The fourth-order valence-corrected chi connectivity index (χ4v) is 2.84. The number of carbonyl (C=O) groups is 1. The Labute approximate surface area is 150 Å². The number of benzene rings is 1. The second kappa shape index (κ2) is 6.86. The number of nitrogens with two attached hydrogens (primary N) is 1. The van der Waals surface area contributed by atoms with Crippen LogP contribution in [0.15, 0.2) is 42.9 Å². The van der Waals surface area contributed by atoms with Crippen LogP contribution in [0.4, 0.5) is 5.82 Å². The minimum atomic E-state index is -0.238. The number of pyridine rings is 1. The molecule has 1 aromatic carbocycles. The van der Waals surface area contributed by atoms with Crippen molar-refractivity contribution in [2.45, 2.75) is 6.92 Å². The number of halogens is 1. The highest BCUT2D eigenvalue weighted by Crippen LogP contribution is 2.33. The van der Waals surface area contributed by atoms with Crippen molar-refractivity contribution >= 4 is 23.3 Å². The first-order valence-corrected chi connectivity index (χ1v) is 7.94. The lowest BCUT2D eigenvalue weighted by atomic mass is 9.98. The van der Waals surface area contributed by atoms with Crippen molar-refractivity contribution in [2.75, 3.05) is 12.8 Å². The SMILES string of the molecule is CNC(=O)c1ccc(-c2ncnc(C)c2-c2ccc(N)nc2)cc1Cl. The molecule has 6 nitrogen and oxygen atoms in total. The van der Waals surface area contributed by atoms with Gasteiger partial charge in [-0.2, -0.15) is 0 Å². The number of carbonyl (C=O) groups excluding carboxylic acids is 1. The molecule has 0 bridgehead atoms. The van der Waals surface area contributed by atoms with Gasteiger partial charge in [-0.25, -0.2) is 15.0 Å². The number of nitrogen functional groups attached to an aromatic ring is 1. The quantitative estimate of drug-likeness (QED) is 0.754. The molecule has 0 aliphatic rings. The van der Waals surface area contributed by atoms with Gasteiger partial charge < -0.3 is 11.1 Å². The van der Waals surface area contributed by atoms with E-state index in [-0.39, 0.29) is 5.91 Å². The van der Waals surface area contributed by atoms with Crippen LogP contribution in [-0.4, -0.2) is 27.9 Å². The number of anilines is 1. The zero-order valence-corrected chi connectivity index (χ0v) is 14.5. The maximum atomic E-state index is 11.8. The lowest BCUT2D eigenvalue weighted by Gasteiger charge is -2.12. The van der Waals surface area contributed by atoms with Gasteiger partial charge in [0.2, 0.25) is 0 Å². The summed E-state index contributed by atoms with van der Waals surface area (Å²) in [6.45, 7) is 1.90. The zero-order chi connectivity index (χ0) is 18.0. The highest BCUT2D eigenvalue weighted by atomic mass is 35.5. The molecule has 1 amide bonds. The molecule has 0 unspecified atom stereocenters. The number of nitrogens with zero attached hydrogens (tertiary/aromatic N) is 3. The van der Waals surface area contributed by atoms with Crippen LogP contribution in [0, 0.1) is 6.92 Å². The Balaban J connectivity index is 2.15. The van der Waals surface area contributed by atoms with Crippen LogP contribution in [0.5, 0.6) is 0 Å². The monoisotopic (exact) mass is 353 g/mol. The third kappa shape index (κ3) is 3.29. The van der Waals surface area contributed by atoms with Gasteiger partial charge in [0.15, 0.2) is 0 Å². The number of hydrogen-bond acceptors (Lipinski definition) is 5. The summed E-state index contributed by atoms with van der Waals surface area (Å²) >= 11 is 6.28. The summed E-state index contributed by atoms with van der Waals surface area (Å²) in [7, 11) is 1.56. The van der Waals surface area contributed by atoms with E-state index in [4.69, 9.17) is 17.3 Å². The Morgan fingerprint density at radius 1 is 1.12 bits per heavy atom. The zero-order valence-electron chi connectivity index (χ0n) is 13.7. The lowest BCUT2D eigenvalue weighted by molar-refractivity contribution is 0.0963. The molecule has 3 N–H and O–H groups in total. The predicted molar refractivity (Wildman–Crippen MR) is 98.2 cm³/mol. The van der Waals surface area contributed by atoms with E-state index in [1.807, 2.05) is 19.1 Å². The number of amides is 1. The minimum absolute atomic E-state index is 0.238. The van der Waals surface area contributed by atoms with Crippen LogP contribution < -0.4 is 11.1 Å². The van der Waals surface area contributed by atoms with E-state index >= 15 is 0 Å². The molecule has 126 valence electrons. The molecule has 0 saturated carbocycles. The summed E-state index contributed by atoms with van der Waals surface area (Å²) in [5, 5.41) is 2.92. The van der Waals surface area contributed by atoms with E-state index in [1.54, 1.807) is 31.4 Å². The molecule has 0 saturated heterocycles. The van der Waals surface area contributed by atoms with E-state index in [0.29, 0.717) is 22.1 Å². The molecular formula is C18H16ClN5O. The Morgan fingerprint density at radius 3 is 2.52 bits per heavy atom. The molecule has 0 radical (unpaired) electrons. The average molecular weight is 354 g/mol. The van der Waals surface area contributed by atoms with Crippen LogP contribution in [0.3, 0.4) is 0 Å². The Morgan fingerprint density at radius 2 is 1.88 bits per heavy atom. The maximum absolute atomic E-state index is 11.8. The van der Waals surface area contributed by atoms with E-state index in [1.165, 1.54) is 6.33 Å². The van der Waals surface area contributed by atoms with Crippen LogP contribution in [0.1, 0.15) is 16.1 Å². The van der Waals surface area contributed by atoms with Gasteiger partial charge in [0.05, 0.1) is 16.3 Å². The molecule has 7 heteroatoms. The topological polar surface area (TPSA) is 93.8 Å². The smallest absolute Gasteiger partial charge is 0.252 e. The van der Waals surface area contributed by atoms with Crippen molar-refractivity contribution in [3.05, 3.63) is 59.1 Å². The standard InChI is InChI=1S/C18H16ClN5O/c1-10-16(12-4-6-15(20)22-8-12)17(24-9-23-10)11-3-5-13(14(19)7-11)18(25)21-2/h3-9H,1-2H3,(H2,20,22)(H,21,25). The average Bonchev–Trinajstić information content (AvgIpc) is 2.62.